The third-order valence-corrected chi connectivity index (χ3v) is 7.95. The number of carbonyl (C=O) groups is 3. The average Bonchev–Trinajstić information content (AvgIpc) is 3.72. The smallest absolute Gasteiger partial charge is 0.365 e. The second-order valence-electron chi connectivity index (χ2n) is 10.2. The Morgan fingerprint density at radius 2 is 1.52 bits per heavy atom. The Labute approximate surface area is 281 Å². The number of aromatic nitrogens is 2. The number of thioether (sulfide) groups is 1. The molecule has 1 aromatic heterocycles. The van der Waals surface area contributed by atoms with E-state index in [0.29, 0.717) is 22.6 Å². The predicted molar refractivity (Wildman–Crippen MR) is 183 cm³/mol. The third-order valence-electron chi connectivity index (χ3n) is 6.94. The molecule has 3 aromatic carbocycles. The van der Waals surface area contributed by atoms with Crippen LogP contribution >= 0.6 is 11.8 Å². The van der Waals surface area contributed by atoms with Crippen molar-refractivity contribution < 1.29 is 23.9 Å². The molecule has 0 atom stereocenters. The monoisotopic (exact) mass is 661 g/mol. The molecule has 13 heteroatoms. The molecule has 1 amide bonds. The van der Waals surface area contributed by atoms with E-state index >= 15 is 0 Å². The standard InChI is InChI=1S/C35H31N7O5S/c1-5-46-34(44)28-29(39-41(25-15-11-8-12-16-25)30(28)24-13-9-7-10-14-24)23(4)37-38-31(43)27(21-36)33-42(26-19-17-22(3)18-20-26)40-32(48-33)35(45)47-6-2/h7-20H,5-6H2,1-4H3,(H,38,43)/b33-27+,37-23+. The van der Waals surface area contributed by atoms with Gasteiger partial charge in [-0.2, -0.15) is 20.6 Å². The van der Waals surface area contributed by atoms with Gasteiger partial charge in [0.15, 0.2) is 5.57 Å². The van der Waals surface area contributed by atoms with Crippen molar-refractivity contribution in [2.75, 3.05) is 18.2 Å². The van der Waals surface area contributed by atoms with Gasteiger partial charge in [0.1, 0.15) is 22.4 Å². The van der Waals surface area contributed by atoms with Gasteiger partial charge in [0.2, 0.25) is 5.04 Å². The first-order valence-electron chi connectivity index (χ1n) is 15.0. The van der Waals surface area contributed by atoms with Crippen molar-refractivity contribution >= 4 is 46.1 Å². The zero-order valence-corrected chi connectivity index (χ0v) is 27.4. The molecule has 0 spiro atoms. The topological polar surface area (TPSA) is 151 Å². The Kier molecular flexibility index (Phi) is 10.5. The number of hydrogen-bond donors (Lipinski definition) is 1. The number of anilines is 1. The molecule has 12 nitrogen and oxygen atoms in total. The van der Waals surface area contributed by atoms with E-state index in [0.717, 1.165) is 17.3 Å². The number of nitriles is 1. The van der Waals surface area contributed by atoms with Crippen molar-refractivity contribution in [2.24, 2.45) is 10.2 Å². The summed E-state index contributed by atoms with van der Waals surface area (Å²) in [6.07, 6.45) is 0. The van der Waals surface area contributed by atoms with Gasteiger partial charge in [-0.25, -0.2) is 24.7 Å². The molecule has 1 N–H and O–H groups in total. The zero-order chi connectivity index (χ0) is 34.2. The number of esters is 2. The van der Waals surface area contributed by atoms with E-state index < -0.39 is 17.8 Å². The van der Waals surface area contributed by atoms with Crippen molar-refractivity contribution in [3.05, 3.63) is 112 Å². The van der Waals surface area contributed by atoms with Gasteiger partial charge in [0.25, 0.3) is 5.91 Å². The highest BCUT2D eigenvalue weighted by Gasteiger charge is 2.34. The lowest BCUT2D eigenvalue weighted by Gasteiger charge is -2.16. The molecular formula is C35H31N7O5S. The van der Waals surface area contributed by atoms with E-state index in [-0.39, 0.29) is 45.8 Å². The highest BCUT2D eigenvalue weighted by molar-refractivity contribution is 8.19. The normalized spacial score (nSPS) is 13.8. The third kappa shape index (κ3) is 7.03. The van der Waals surface area contributed by atoms with Crippen LogP contribution in [0.1, 0.15) is 42.4 Å². The molecule has 0 saturated carbocycles. The highest BCUT2D eigenvalue weighted by Crippen LogP contribution is 2.37. The molecule has 0 bridgehead atoms. The number of nitrogens with zero attached hydrogens (tertiary/aromatic N) is 6. The zero-order valence-electron chi connectivity index (χ0n) is 26.6. The number of carbonyl (C=O) groups excluding carboxylic acids is 3. The van der Waals surface area contributed by atoms with Crippen LogP contribution in [-0.4, -0.2) is 51.6 Å². The summed E-state index contributed by atoms with van der Waals surface area (Å²) in [5.41, 5.74) is 5.99. The van der Waals surface area contributed by atoms with E-state index in [1.165, 1.54) is 5.01 Å². The van der Waals surface area contributed by atoms with E-state index in [9.17, 15) is 19.6 Å². The molecule has 0 unspecified atom stereocenters. The van der Waals surface area contributed by atoms with Crippen molar-refractivity contribution in [3.8, 4) is 23.0 Å². The summed E-state index contributed by atoms with van der Waals surface area (Å²) >= 11 is 0.842. The molecule has 2 heterocycles. The summed E-state index contributed by atoms with van der Waals surface area (Å²) in [7, 11) is 0. The molecule has 48 heavy (non-hydrogen) atoms. The van der Waals surface area contributed by atoms with Crippen LogP contribution in [0.4, 0.5) is 5.69 Å². The molecule has 0 fully saturated rings. The molecule has 1 aliphatic heterocycles. The van der Waals surface area contributed by atoms with E-state index in [1.54, 1.807) is 37.6 Å². The van der Waals surface area contributed by atoms with Crippen molar-refractivity contribution in [2.45, 2.75) is 27.7 Å². The lowest BCUT2D eigenvalue weighted by atomic mass is 10.0. The number of hydrogen-bond acceptors (Lipinski definition) is 11. The second kappa shape index (κ2) is 15.1. The minimum absolute atomic E-state index is 0.0355. The Bertz CT molecular complexity index is 1980. The molecule has 5 rings (SSSR count). The summed E-state index contributed by atoms with van der Waals surface area (Å²) in [5.74, 6) is -2.16. The molecule has 1 aliphatic rings. The maximum Gasteiger partial charge on any atom is 0.365 e. The first kappa shape index (κ1) is 33.4. The van der Waals surface area contributed by atoms with Gasteiger partial charge >= 0.3 is 11.9 Å². The van der Waals surface area contributed by atoms with Crippen molar-refractivity contribution in [1.82, 2.24) is 15.2 Å². The van der Waals surface area contributed by atoms with Crippen LogP contribution in [0.25, 0.3) is 16.9 Å². The lowest BCUT2D eigenvalue weighted by Crippen LogP contribution is -2.24. The fourth-order valence-electron chi connectivity index (χ4n) is 4.71. The number of rotatable bonds is 10. The van der Waals surface area contributed by atoms with E-state index in [4.69, 9.17) is 14.6 Å². The summed E-state index contributed by atoms with van der Waals surface area (Å²) in [6, 6.07) is 27.7. The first-order chi connectivity index (χ1) is 23.3. The molecular weight excluding hydrogens is 630 g/mol. The Morgan fingerprint density at radius 1 is 0.896 bits per heavy atom. The Morgan fingerprint density at radius 3 is 2.15 bits per heavy atom. The minimum atomic E-state index is -0.861. The number of aryl methyl sites for hydroxylation is 1. The van der Waals surface area contributed by atoms with Gasteiger partial charge in [-0.3, -0.25) is 4.79 Å². The van der Waals surface area contributed by atoms with Crippen LogP contribution < -0.4 is 10.4 Å². The van der Waals surface area contributed by atoms with Crippen molar-refractivity contribution in [3.63, 3.8) is 0 Å². The number of benzene rings is 3. The van der Waals surface area contributed by atoms with Gasteiger partial charge < -0.3 is 9.47 Å². The molecule has 0 aliphatic carbocycles. The van der Waals surface area contributed by atoms with E-state index in [1.807, 2.05) is 85.8 Å². The van der Waals surface area contributed by atoms with Gasteiger partial charge in [0.05, 0.1) is 36.0 Å². The SMILES string of the molecule is CCOC(=O)C1=NN(c2ccc(C)cc2)/C(=C(/C#N)C(=O)N/N=C(\C)c2nn(-c3ccccc3)c(-c3ccccc3)c2C(=O)OCC)S1. The lowest BCUT2D eigenvalue weighted by molar-refractivity contribution is -0.134. The maximum atomic E-state index is 13.5. The second-order valence-corrected chi connectivity index (χ2v) is 11.2. The number of ether oxygens (including phenoxy) is 2. The summed E-state index contributed by atoms with van der Waals surface area (Å²) < 4.78 is 12.2. The summed E-state index contributed by atoms with van der Waals surface area (Å²) in [4.78, 5) is 39.6. The number of para-hydroxylation sites is 1. The van der Waals surface area contributed by atoms with Crippen LogP contribution in [0, 0.1) is 18.3 Å². The Hall–Kier alpha value is -6.00. The first-order valence-corrected chi connectivity index (χ1v) is 15.8. The maximum absolute atomic E-state index is 13.5. The summed E-state index contributed by atoms with van der Waals surface area (Å²) in [5, 5.41) is 24.9. The van der Waals surface area contributed by atoms with E-state index in [2.05, 4.69) is 15.6 Å². The summed E-state index contributed by atoms with van der Waals surface area (Å²) in [6.45, 7) is 7.12. The van der Waals surface area contributed by atoms with Gasteiger partial charge in [-0.05, 0) is 63.7 Å². The fraction of sp³-hybridized carbons (Fsp3) is 0.171. The Balaban J connectivity index is 1.56. The average molecular weight is 662 g/mol. The van der Waals surface area contributed by atoms with Crippen LogP contribution in [-0.2, 0) is 19.1 Å². The number of amides is 1. The number of nitrogens with one attached hydrogen (secondary N) is 1. The quantitative estimate of drug-likeness (QED) is 0.0739. The van der Waals surface area contributed by atoms with Crippen LogP contribution in [0.5, 0.6) is 0 Å². The van der Waals surface area contributed by atoms with Crippen LogP contribution in [0.3, 0.4) is 0 Å². The van der Waals surface area contributed by atoms with Crippen molar-refractivity contribution in [1.29, 1.82) is 5.26 Å². The minimum Gasteiger partial charge on any atom is -0.462 e. The van der Waals surface area contributed by atoms with Crippen LogP contribution in [0.15, 0.2) is 106 Å². The fourth-order valence-corrected chi connectivity index (χ4v) is 5.63. The molecule has 242 valence electrons. The van der Waals surface area contributed by atoms with Gasteiger partial charge in [-0.15, -0.1) is 0 Å². The van der Waals surface area contributed by atoms with Gasteiger partial charge in [-0.1, -0.05) is 66.2 Å². The predicted octanol–water partition coefficient (Wildman–Crippen LogP) is 5.73. The number of hydrazone groups is 2. The molecule has 0 saturated heterocycles. The molecule has 0 radical (unpaired) electrons. The van der Waals surface area contributed by atoms with Gasteiger partial charge in [0, 0.05) is 5.56 Å². The highest BCUT2D eigenvalue weighted by atomic mass is 32.2. The molecule has 4 aromatic rings. The van der Waals surface area contributed by atoms with Crippen LogP contribution in [0.2, 0.25) is 0 Å². The largest absolute Gasteiger partial charge is 0.462 e.